The molecule has 0 aromatic heterocycles. The van der Waals surface area contributed by atoms with Crippen LogP contribution in [0.3, 0.4) is 0 Å². The van der Waals surface area contributed by atoms with E-state index in [1.165, 1.54) is 14.2 Å². The van der Waals surface area contributed by atoms with Gasteiger partial charge in [-0.15, -0.1) is 0 Å². The van der Waals surface area contributed by atoms with Gasteiger partial charge in [-0.2, -0.15) is 0 Å². The average Bonchev–Trinajstić information content (AvgIpc) is 3.33. The third-order valence-electron chi connectivity index (χ3n) is 4.80. The topological polar surface area (TPSA) is 69.7 Å². The highest BCUT2D eigenvalue weighted by Gasteiger charge is 2.66. The molecular formula is C19H30O5. The van der Waals surface area contributed by atoms with Gasteiger partial charge < -0.3 is 9.47 Å². The minimum Gasteiger partial charge on any atom is -0.468 e. The van der Waals surface area contributed by atoms with Gasteiger partial charge in [0.1, 0.15) is 0 Å². The number of unbranched alkanes of at least 4 members (excludes halogenated alkanes) is 2. The van der Waals surface area contributed by atoms with Crippen LogP contribution in [0.2, 0.25) is 0 Å². The lowest BCUT2D eigenvalue weighted by Crippen LogP contribution is -2.30. The summed E-state index contributed by atoms with van der Waals surface area (Å²) in [5.74, 6) is -1.39. The fourth-order valence-corrected chi connectivity index (χ4v) is 3.20. The van der Waals surface area contributed by atoms with Crippen LogP contribution < -0.4 is 0 Å². The minimum absolute atomic E-state index is 0.0298. The summed E-state index contributed by atoms with van der Waals surface area (Å²) in [6.45, 7) is 4.22. The maximum Gasteiger partial charge on any atom is 0.323 e. The van der Waals surface area contributed by atoms with Crippen molar-refractivity contribution in [3.63, 3.8) is 0 Å². The summed E-state index contributed by atoms with van der Waals surface area (Å²) in [4.78, 5) is 36.3. The highest BCUT2D eigenvalue weighted by molar-refractivity contribution is 6.04. The van der Waals surface area contributed by atoms with E-state index in [1.54, 1.807) is 12.2 Å². The van der Waals surface area contributed by atoms with Gasteiger partial charge >= 0.3 is 11.9 Å². The molecule has 0 N–H and O–H groups in total. The number of hydrogen-bond donors (Lipinski definition) is 0. The van der Waals surface area contributed by atoms with E-state index < -0.39 is 17.4 Å². The van der Waals surface area contributed by atoms with Gasteiger partial charge in [-0.3, -0.25) is 14.4 Å². The van der Waals surface area contributed by atoms with Crippen LogP contribution in [0.25, 0.3) is 0 Å². The first-order chi connectivity index (χ1) is 11.5. The minimum atomic E-state index is -1.26. The predicted octanol–water partition coefficient (Wildman–Crippen LogP) is 3.46. The van der Waals surface area contributed by atoms with Crippen LogP contribution in [0.1, 0.15) is 58.8 Å². The Bertz CT molecular complexity index is 464. The normalized spacial score (nSPS) is 19.8. The first-order valence-electron chi connectivity index (χ1n) is 8.86. The number of rotatable bonds is 11. The number of ether oxygens (including phenoxy) is 2. The fraction of sp³-hybridized carbons (Fsp3) is 0.737. The molecular weight excluding hydrogens is 308 g/mol. The van der Waals surface area contributed by atoms with Gasteiger partial charge in [0.15, 0.2) is 11.2 Å². The Morgan fingerprint density at radius 1 is 1.04 bits per heavy atom. The molecule has 0 amide bonds. The molecule has 1 rings (SSSR count). The summed E-state index contributed by atoms with van der Waals surface area (Å²) in [5, 5.41) is 0. The molecule has 0 aliphatic heterocycles. The summed E-state index contributed by atoms with van der Waals surface area (Å²) in [5.41, 5.74) is -1.26. The van der Waals surface area contributed by atoms with Crippen molar-refractivity contribution in [3.05, 3.63) is 12.2 Å². The number of carbonyl (C=O) groups excluding carboxylic acids is 3. The van der Waals surface area contributed by atoms with Gasteiger partial charge in [0.05, 0.1) is 14.2 Å². The summed E-state index contributed by atoms with van der Waals surface area (Å²) >= 11 is 0. The van der Waals surface area contributed by atoms with Crippen molar-refractivity contribution in [1.82, 2.24) is 0 Å². The summed E-state index contributed by atoms with van der Waals surface area (Å²) in [6.07, 6.45) is 9.62. The van der Waals surface area contributed by atoms with E-state index >= 15 is 0 Å². The number of allylic oxidation sites excluding steroid dienone is 2. The van der Waals surface area contributed by atoms with E-state index in [0.717, 1.165) is 38.5 Å². The third kappa shape index (κ3) is 4.68. The van der Waals surface area contributed by atoms with Crippen molar-refractivity contribution < 1.29 is 23.9 Å². The summed E-state index contributed by atoms with van der Waals surface area (Å²) in [7, 11) is 2.50. The second-order valence-corrected chi connectivity index (χ2v) is 6.51. The number of methoxy groups -OCH3 is 2. The van der Waals surface area contributed by atoms with Gasteiger partial charge in [-0.05, 0) is 25.3 Å². The molecule has 5 nitrogen and oxygen atoms in total. The third-order valence-corrected chi connectivity index (χ3v) is 4.80. The van der Waals surface area contributed by atoms with Crippen molar-refractivity contribution in [1.29, 1.82) is 0 Å². The van der Waals surface area contributed by atoms with Crippen LogP contribution >= 0.6 is 0 Å². The first kappa shape index (κ1) is 20.4. The molecule has 0 spiro atoms. The van der Waals surface area contributed by atoms with Gasteiger partial charge in [0, 0.05) is 11.8 Å². The largest absolute Gasteiger partial charge is 0.468 e. The lowest BCUT2D eigenvalue weighted by atomic mass is 9.91. The number of ketones is 1. The zero-order chi connectivity index (χ0) is 18.2. The SMILES string of the molecule is CCCCCC(CCC)C(=O)/C=C/C1CC1(C(=O)OC)C(=O)OC. The van der Waals surface area contributed by atoms with Crippen LogP contribution in [0.4, 0.5) is 0 Å². The van der Waals surface area contributed by atoms with E-state index in [0.29, 0.717) is 6.42 Å². The standard InChI is InChI=1S/C19H30O5/c1-5-7-8-10-14(9-6-2)16(20)12-11-15-13-19(15,17(21)23-3)18(22)24-4/h11-12,14-15H,5-10,13H2,1-4H3/b12-11+. The highest BCUT2D eigenvalue weighted by atomic mass is 16.5. The van der Waals surface area contributed by atoms with Crippen LogP contribution in [-0.4, -0.2) is 31.9 Å². The zero-order valence-electron chi connectivity index (χ0n) is 15.3. The van der Waals surface area contributed by atoms with Gasteiger partial charge in [0.2, 0.25) is 0 Å². The number of carbonyl (C=O) groups is 3. The second-order valence-electron chi connectivity index (χ2n) is 6.51. The zero-order valence-corrected chi connectivity index (χ0v) is 15.3. The molecule has 1 fully saturated rings. The van der Waals surface area contributed by atoms with E-state index in [4.69, 9.17) is 9.47 Å². The molecule has 2 unspecified atom stereocenters. The smallest absolute Gasteiger partial charge is 0.323 e. The molecule has 0 aromatic carbocycles. The van der Waals surface area contributed by atoms with E-state index in [-0.39, 0.29) is 17.6 Å². The highest BCUT2D eigenvalue weighted by Crippen LogP contribution is 2.55. The van der Waals surface area contributed by atoms with Gasteiger partial charge in [0.25, 0.3) is 0 Å². The molecule has 0 saturated heterocycles. The average molecular weight is 338 g/mol. The van der Waals surface area contributed by atoms with Gasteiger partial charge in [-0.1, -0.05) is 45.6 Å². The quantitative estimate of drug-likeness (QED) is 0.250. The van der Waals surface area contributed by atoms with Crippen LogP contribution in [0.15, 0.2) is 12.2 Å². The van der Waals surface area contributed by atoms with Crippen molar-refractivity contribution in [3.8, 4) is 0 Å². The Morgan fingerprint density at radius 2 is 1.67 bits per heavy atom. The maximum atomic E-state index is 12.4. The first-order valence-corrected chi connectivity index (χ1v) is 8.86. The molecule has 0 bridgehead atoms. The summed E-state index contributed by atoms with van der Waals surface area (Å²) in [6, 6.07) is 0. The van der Waals surface area contributed by atoms with Crippen molar-refractivity contribution in [2.45, 2.75) is 58.8 Å². The van der Waals surface area contributed by atoms with Crippen LogP contribution in [0.5, 0.6) is 0 Å². The van der Waals surface area contributed by atoms with Crippen molar-refractivity contribution in [2.75, 3.05) is 14.2 Å². The van der Waals surface area contributed by atoms with Crippen molar-refractivity contribution in [2.24, 2.45) is 17.3 Å². The lowest BCUT2D eigenvalue weighted by Gasteiger charge is -2.13. The molecule has 0 radical (unpaired) electrons. The Morgan fingerprint density at radius 3 is 2.17 bits per heavy atom. The Balaban J connectivity index is 2.71. The predicted molar refractivity (Wildman–Crippen MR) is 91.3 cm³/mol. The second kappa shape index (κ2) is 9.60. The monoisotopic (exact) mass is 338 g/mol. The van der Waals surface area contributed by atoms with Gasteiger partial charge in [-0.25, -0.2) is 0 Å². The Hall–Kier alpha value is -1.65. The van der Waals surface area contributed by atoms with Crippen molar-refractivity contribution >= 4 is 17.7 Å². The molecule has 1 saturated carbocycles. The Labute approximate surface area is 144 Å². The Kier molecular flexibility index (Phi) is 8.16. The van der Waals surface area contributed by atoms with Crippen LogP contribution in [-0.2, 0) is 23.9 Å². The lowest BCUT2D eigenvalue weighted by molar-refractivity contribution is -0.161. The van der Waals surface area contributed by atoms with E-state index in [2.05, 4.69) is 13.8 Å². The molecule has 2 atom stereocenters. The van der Waals surface area contributed by atoms with Crippen LogP contribution in [0, 0.1) is 17.3 Å². The number of esters is 2. The molecule has 136 valence electrons. The molecule has 24 heavy (non-hydrogen) atoms. The summed E-state index contributed by atoms with van der Waals surface area (Å²) < 4.78 is 9.46. The molecule has 1 aliphatic carbocycles. The maximum absolute atomic E-state index is 12.4. The molecule has 0 heterocycles. The van der Waals surface area contributed by atoms with E-state index in [1.807, 2.05) is 0 Å². The fourth-order valence-electron chi connectivity index (χ4n) is 3.20. The van der Waals surface area contributed by atoms with E-state index in [9.17, 15) is 14.4 Å². The molecule has 0 aromatic rings. The number of hydrogen-bond acceptors (Lipinski definition) is 5. The molecule has 1 aliphatic rings. The molecule has 5 heteroatoms.